The highest BCUT2D eigenvalue weighted by molar-refractivity contribution is 5.86. The Kier molecular flexibility index (Phi) is 9.95. The van der Waals surface area contributed by atoms with Crippen LogP contribution in [0, 0.1) is 0 Å². The maximum atomic E-state index is 12.7. The van der Waals surface area contributed by atoms with Gasteiger partial charge in [-0.15, -0.1) is 0 Å². The van der Waals surface area contributed by atoms with Crippen LogP contribution in [0.4, 0.5) is 9.59 Å². The second-order valence-electron chi connectivity index (χ2n) is 10.4. The Labute approximate surface area is 195 Å². The maximum absolute atomic E-state index is 12.7. The Morgan fingerprint density at radius 1 is 0.970 bits per heavy atom. The predicted molar refractivity (Wildman–Crippen MR) is 122 cm³/mol. The van der Waals surface area contributed by atoms with Crippen molar-refractivity contribution in [1.29, 1.82) is 0 Å². The van der Waals surface area contributed by atoms with Crippen molar-refractivity contribution < 1.29 is 33.8 Å². The lowest BCUT2D eigenvalue weighted by Crippen LogP contribution is -2.62. The Morgan fingerprint density at radius 2 is 1.48 bits per heavy atom. The zero-order valence-electron chi connectivity index (χ0n) is 20.7. The summed E-state index contributed by atoms with van der Waals surface area (Å²) in [6, 6.07) is -0.720. The van der Waals surface area contributed by atoms with Gasteiger partial charge in [-0.05, 0) is 73.6 Å². The highest BCUT2D eigenvalue weighted by Gasteiger charge is 2.45. The number of hydrogen-bond donors (Lipinski definition) is 4. The fourth-order valence-electron chi connectivity index (χ4n) is 3.35. The normalized spacial score (nSPS) is 17.0. The van der Waals surface area contributed by atoms with Gasteiger partial charge in [-0.1, -0.05) is 0 Å². The number of amides is 3. The molecule has 0 aromatic rings. The third-order valence-corrected chi connectivity index (χ3v) is 5.01. The summed E-state index contributed by atoms with van der Waals surface area (Å²) >= 11 is 0. The molecule has 1 fully saturated rings. The van der Waals surface area contributed by atoms with Crippen LogP contribution in [0.25, 0.3) is 0 Å². The molecule has 1 atom stereocenters. The van der Waals surface area contributed by atoms with Gasteiger partial charge in [0.1, 0.15) is 16.7 Å². The molecule has 0 aliphatic carbocycles. The first-order valence-electron chi connectivity index (χ1n) is 11.3. The minimum Gasteiger partial charge on any atom is -0.480 e. The molecule has 190 valence electrons. The minimum atomic E-state index is -1.49. The number of likely N-dealkylation sites (tertiary alicyclic amines) is 1. The molecule has 1 rings (SSSR count). The van der Waals surface area contributed by atoms with E-state index >= 15 is 0 Å². The molecule has 1 heterocycles. The van der Waals surface area contributed by atoms with Crippen LogP contribution in [0.15, 0.2) is 0 Å². The zero-order valence-corrected chi connectivity index (χ0v) is 20.7. The summed E-state index contributed by atoms with van der Waals surface area (Å²) in [4.78, 5) is 49.8. The van der Waals surface area contributed by atoms with E-state index in [9.17, 15) is 24.3 Å². The van der Waals surface area contributed by atoms with Gasteiger partial charge in [-0.2, -0.15) is 0 Å². The van der Waals surface area contributed by atoms with Gasteiger partial charge in [0.2, 0.25) is 5.91 Å². The number of nitrogens with one attached hydrogen (secondary N) is 2. The number of carboxylic acids is 1. The lowest BCUT2D eigenvalue weighted by atomic mass is 9.87. The summed E-state index contributed by atoms with van der Waals surface area (Å²) in [5, 5.41) is 14.8. The van der Waals surface area contributed by atoms with Gasteiger partial charge in [0, 0.05) is 19.6 Å². The molecular weight excluding hydrogens is 432 g/mol. The quantitative estimate of drug-likeness (QED) is 0.390. The van der Waals surface area contributed by atoms with E-state index in [4.69, 9.17) is 15.2 Å². The largest absolute Gasteiger partial charge is 0.480 e. The van der Waals surface area contributed by atoms with Crippen molar-refractivity contribution >= 4 is 24.1 Å². The van der Waals surface area contributed by atoms with E-state index in [2.05, 4.69) is 10.6 Å². The summed E-state index contributed by atoms with van der Waals surface area (Å²) < 4.78 is 10.3. The van der Waals surface area contributed by atoms with Crippen molar-refractivity contribution in [3.05, 3.63) is 0 Å². The molecule has 0 bridgehead atoms. The van der Waals surface area contributed by atoms with Gasteiger partial charge < -0.3 is 35.8 Å². The van der Waals surface area contributed by atoms with Gasteiger partial charge in [0.05, 0.1) is 6.04 Å². The van der Waals surface area contributed by atoms with E-state index in [-0.39, 0.29) is 31.8 Å². The van der Waals surface area contributed by atoms with E-state index in [1.807, 2.05) is 0 Å². The van der Waals surface area contributed by atoms with Crippen LogP contribution in [0.3, 0.4) is 0 Å². The average molecular weight is 473 g/mol. The van der Waals surface area contributed by atoms with E-state index in [1.54, 1.807) is 41.5 Å². The van der Waals surface area contributed by atoms with Crippen LogP contribution in [0.1, 0.15) is 73.6 Å². The number of nitrogens with two attached hydrogens (primary N) is 1. The molecule has 0 unspecified atom stereocenters. The molecule has 0 spiro atoms. The number of alkyl carbamates (subject to hydrolysis) is 2. The molecule has 0 aromatic heterocycles. The molecule has 1 aliphatic heterocycles. The zero-order chi connectivity index (χ0) is 25.4. The van der Waals surface area contributed by atoms with E-state index in [0.717, 1.165) is 0 Å². The Bertz CT molecular complexity index is 705. The average Bonchev–Trinajstić information content (AvgIpc) is 2.64. The summed E-state index contributed by atoms with van der Waals surface area (Å²) in [6.45, 7) is 11.2. The molecule has 1 saturated heterocycles. The van der Waals surface area contributed by atoms with Crippen molar-refractivity contribution in [3.8, 4) is 0 Å². The summed E-state index contributed by atoms with van der Waals surface area (Å²) in [6.07, 6.45) is 0.530. The fraction of sp³-hybridized carbons (Fsp3) is 0.818. The van der Waals surface area contributed by atoms with E-state index < -0.39 is 40.9 Å². The minimum absolute atomic E-state index is 0.0554. The Balaban J connectivity index is 2.45. The number of hydrogen-bond acceptors (Lipinski definition) is 7. The van der Waals surface area contributed by atoms with Crippen LogP contribution in [-0.4, -0.2) is 76.5 Å². The van der Waals surface area contributed by atoms with Crippen LogP contribution < -0.4 is 16.4 Å². The third kappa shape index (κ3) is 10.3. The first-order chi connectivity index (χ1) is 15.0. The molecule has 3 amide bonds. The standard InChI is InChI=1S/C22H40N4O7/c1-20(2,3)32-18(30)24-12-8-7-9-15(23)16(27)26-13-10-22(11-14-26,17(28)29)25-19(31)33-21(4,5)6/h15H,7-14,23H2,1-6H3,(H,24,30)(H,25,31)(H,28,29)/t15-/m1/s1. The number of carbonyl (C=O) groups is 4. The summed E-state index contributed by atoms with van der Waals surface area (Å²) in [5.41, 5.74) is 3.24. The lowest BCUT2D eigenvalue weighted by molar-refractivity contribution is -0.149. The number of carboxylic acid groups (broad SMARTS) is 1. The number of unbranched alkanes of at least 4 members (excludes halogenated alkanes) is 1. The van der Waals surface area contributed by atoms with Crippen LogP contribution in [-0.2, 0) is 19.1 Å². The van der Waals surface area contributed by atoms with Gasteiger partial charge >= 0.3 is 18.2 Å². The monoisotopic (exact) mass is 472 g/mol. The van der Waals surface area contributed by atoms with Crippen molar-refractivity contribution in [2.45, 2.75) is 96.4 Å². The lowest BCUT2D eigenvalue weighted by Gasteiger charge is -2.40. The number of nitrogens with zero attached hydrogens (tertiary/aromatic N) is 1. The van der Waals surface area contributed by atoms with Crippen LogP contribution in [0.2, 0.25) is 0 Å². The van der Waals surface area contributed by atoms with Crippen molar-refractivity contribution in [2.24, 2.45) is 5.73 Å². The summed E-state index contributed by atoms with van der Waals surface area (Å²) in [7, 11) is 0. The highest BCUT2D eigenvalue weighted by atomic mass is 16.6. The van der Waals surface area contributed by atoms with Crippen molar-refractivity contribution in [3.63, 3.8) is 0 Å². The van der Waals surface area contributed by atoms with Gasteiger partial charge in [-0.25, -0.2) is 14.4 Å². The third-order valence-electron chi connectivity index (χ3n) is 5.01. The second-order valence-corrected chi connectivity index (χ2v) is 10.4. The number of piperidine rings is 1. The first-order valence-corrected chi connectivity index (χ1v) is 11.3. The molecular formula is C22H40N4O7. The van der Waals surface area contributed by atoms with E-state index in [1.165, 1.54) is 4.90 Å². The highest BCUT2D eigenvalue weighted by Crippen LogP contribution is 2.24. The van der Waals surface area contributed by atoms with Gasteiger partial charge in [-0.3, -0.25) is 4.79 Å². The van der Waals surface area contributed by atoms with Crippen molar-refractivity contribution in [1.82, 2.24) is 15.5 Å². The molecule has 0 saturated carbocycles. The number of carbonyl (C=O) groups excluding carboxylic acids is 3. The number of aliphatic carboxylic acids is 1. The maximum Gasteiger partial charge on any atom is 0.408 e. The summed E-state index contributed by atoms with van der Waals surface area (Å²) in [5.74, 6) is -1.42. The first kappa shape index (κ1) is 28.5. The van der Waals surface area contributed by atoms with Crippen molar-refractivity contribution in [2.75, 3.05) is 19.6 Å². The molecule has 1 aliphatic rings. The topological polar surface area (TPSA) is 160 Å². The van der Waals surface area contributed by atoms with Gasteiger partial charge in [0.15, 0.2) is 0 Å². The Morgan fingerprint density at radius 3 is 1.97 bits per heavy atom. The molecule has 0 aromatic carbocycles. The number of rotatable bonds is 8. The molecule has 11 heteroatoms. The van der Waals surface area contributed by atoms with E-state index in [0.29, 0.717) is 25.8 Å². The smallest absolute Gasteiger partial charge is 0.408 e. The second kappa shape index (κ2) is 11.5. The van der Waals surface area contributed by atoms with Gasteiger partial charge in [0.25, 0.3) is 0 Å². The SMILES string of the molecule is CC(C)(C)OC(=O)NCCCC[C@@H](N)C(=O)N1CCC(NC(=O)OC(C)(C)C)(C(=O)O)CC1. The Hall–Kier alpha value is -2.56. The van der Waals surface area contributed by atoms with Crippen LogP contribution in [0.5, 0.6) is 0 Å². The van der Waals surface area contributed by atoms with Crippen LogP contribution >= 0.6 is 0 Å². The fourth-order valence-corrected chi connectivity index (χ4v) is 3.35. The number of ether oxygens (including phenoxy) is 2. The molecule has 5 N–H and O–H groups in total. The molecule has 33 heavy (non-hydrogen) atoms. The molecule has 11 nitrogen and oxygen atoms in total. The molecule has 0 radical (unpaired) electrons. The predicted octanol–water partition coefficient (Wildman–Crippen LogP) is 1.98.